The summed E-state index contributed by atoms with van der Waals surface area (Å²) in [6.07, 6.45) is 1.09. The third-order valence-electron chi connectivity index (χ3n) is 3.69. The van der Waals surface area contributed by atoms with Crippen molar-refractivity contribution in [2.24, 2.45) is 0 Å². The molecule has 0 unspecified atom stereocenters. The average molecular weight is 383 g/mol. The maximum atomic E-state index is 12.3. The van der Waals surface area contributed by atoms with E-state index < -0.39 is 10.0 Å². The fourth-order valence-electron chi connectivity index (χ4n) is 2.20. The molecule has 0 bridgehead atoms. The number of sulfonamides is 1. The number of nitrogens with zero attached hydrogens (tertiary/aromatic N) is 1. The summed E-state index contributed by atoms with van der Waals surface area (Å²) in [5.74, 6) is 0.323. The third-order valence-corrected chi connectivity index (χ3v) is 5.21. The van der Waals surface area contributed by atoms with Gasteiger partial charge in [0.25, 0.3) is 5.91 Å². The van der Waals surface area contributed by atoms with Crippen LogP contribution in [0.2, 0.25) is 5.02 Å². The van der Waals surface area contributed by atoms with Crippen LogP contribution in [0.4, 0.5) is 5.69 Å². The smallest absolute Gasteiger partial charge is 0.253 e. The molecule has 1 amide bonds. The Kier molecular flexibility index (Phi) is 5.92. The summed E-state index contributed by atoms with van der Waals surface area (Å²) in [6.45, 7) is 0.282. The molecule has 134 valence electrons. The first kappa shape index (κ1) is 19.1. The number of amides is 1. The van der Waals surface area contributed by atoms with Crippen molar-refractivity contribution in [3.05, 3.63) is 58.6 Å². The molecule has 0 aliphatic heterocycles. The fraction of sp³-hybridized carbons (Fsp3) is 0.235. The Labute approximate surface area is 152 Å². The van der Waals surface area contributed by atoms with Gasteiger partial charge in [-0.3, -0.25) is 9.10 Å². The van der Waals surface area contributed by atoms with Gasteiger partial charge in [0.15, 0.2) is 0 Å². The lowest BCUT2D eigenvalue weighted by atomic mass is 10.1. The minimum atomic E-state index is -3.40. The molecule has 0 fully saturated rings. The van der Waals surface area contributed by atoms with E-state index in [0.29, 0.717) is 11.4 Å². The second kappa shape index (κ2) is 7.76. The van der Waals surface area contributed by atoms with E-state index in [0.717, 1.165) is 16.1 Å². The Morgan fingerprint density at radius 2 is 1.92 bits per heavy atom. The van der Waals surface area contributed by atoms with Gasteiger partial charge in [0.1, 0.15) is 5.75 Å². The molecule has 2 rings (SSSR count). The molecule has 8 heteroatoms. The average Bonchev–Trinajstić information content (AvgIpc) is 2.58. The molecule has 25 heavy (non-hydrogen) atoms. The number of ether oxygens (including phenoxy) is 1. The Morgan fingerprint density at radius 1 is 1.24 bits per heavy atom. The number of nitrogens with one attached hydrogen (secondary N) is 1. The van der Waals surface area contributed by atoms with Crippen LogP contribution in [0.25, 0.3) is 0 Å². The van der Waals surface area contributed by atoms with Crippen LogP contribution in [0.1, 0.15) is 15.9 Å². The maximum Gasteiger partial charge on any atom is 0.253 e. The summed E-state index contributed by atoms with van der Waals surface area (Å²) in [7, 11) is -0.416. The molecule has 0 aliphatic rings. The molecule has 0 aromatic heterocycles. The first-order valence-corrected chi connectivity index (χ1v) is 9.60. The van der Waals surface area contributed by atoms with Gasteiger partial charge < -0.3 is 10.1 Å². The summed E-state index contributed by atoms with van der Waals surface area (Å²) in [6, 6.07) is 11.8. The van der Waals surface area contributed by atoms with Gasteiger partial charge in [0, 0.05) is 19.2 Å². The van der Waals surface area contributed by atoms with Crippen molar-refractivity contribution >= 4 is 33.2 Å². The number of hydrogen-bond acceptors (Lipinski definition) is 4. The molecule has 0 atom stereocenters. The highest BCUT2D eigenvalue weighted by Gasteiger charge is 2.16. The van der Waals surface area contributed by atoms with E-state index in [1.54, 1.807) is 7.11 Å². The van der Waals surface area contributed by atoms with Crippen molar-refractivity contribution in [3.63, 3.8) is 0 Å². The van der Waals surface area contributed by atoms with Crippen molar-refractivity contribution in [1.29, 1.82) is 0 Å². The number of carbonyl (C=O) groups is 1. The third kappa shape index (κ3) is 4.64. The minimum absolute atomic E-state index is 0.172. The standard InChI is InChI=1S/C17H19ClN2O4S/c1-20(25(3,22)23)13-8-9-14(15(18)10-13)17(21)19-11-12-6-4-5-7-16(12)24-2/h4-10H,11H2,1-3H3,(H,19,21). The van der Waals surface area contributed by atoms with E-state index in [-0.39, 0.29) is 23.0 Å². The molecule has 6 nitrogen and oxygen atoms in total. The normalized spacial score (nSPS) is 11.0. The molecular formula is C17H19ClN2O4S. The van der Waals surface area contributed by atoms with Crippen molar-refractivity contribution in [2.45, 2.75) is 6.54 Å². The Bertz CT molecular complexity index is 884. The lowest BCUT2D eigenvalue weighted by molar-refractivity contribution is 0.0951. The molecule has 1 N–H and O–H groups in total. The lowest BCUT2D eigenvalue weighted by Crippen LogP contribution is -2.26. The van der Waals surface area contributed by atoms with Gasteiger partial charge in [-0.1, -0.05) is 29.8 Å². The summed E-state index contributed by atoms with van der Waals surface area (Å²) in [5.41, 5.74) is 1.49. The predicted molar refractivity (Wildman–Crippen MR) is 98.9 cm³/mol. The zero-order valence-corrected chi connectivity index (χ0v) is 15.7. The summed E-state index contributed by atoms with van der Waals surface area (Å²) in [5, 5.41) is 2.95. The van der Waals surface area contributed by atoms with Gasteiger partial charge in [-0.05, 0) is 24.3 Å². The Morgan fingerprint density at radius 3 is 2.52 bits per heavy atom. The van der Waals surface area contributed by atoms with Crippen LogP contribution in [0.3, 0.4) is 0 Å². The van der Waals surface area contributed by atoms with Crippen molar-refractivity contribution in [2.75, 3.05) is 24.7 Å². The first-order chi connectivity index (χ1) is 11.7. The number of benzene rings is 2. The second-order valence-corrected chi connectivity index (χ2v) is 7.81. The highest BCUT2D eigenvalue weighted by Crippen LogP contribution is 2.25. The summed E-state index contributed by atoms with van der Waals surface area (Å²) >= 11 is 6.15. The highest BCUT2D eigenvalue weighted by atomic mass is 35.5. The van der Waals surface area contributed by atoms with Crippen LogP contribution >= 0.6 is 11.6 Å². The number of halogens is 1. The largest absolute Gasteiger partial charge is 0.496 e. The van der Waals surface area contributed by atoms with Gasteiger partial charge in [-0.25, -0.2) is 8.42 Å². The van der Waals surface area contributed by atoms with Crippen LogP contribution in [-0.4, -0.2) is 34.7 Å². The summed E-state index contributed by atoms with van der Waals surface area (Å²) in [4.78, 5) is 12.3. The molecule has 0 aliphatic carbocycles. The highest BCUT2D eigenvalue weighted by molar-refractivity contribution is 7.92. The van der Waals surface area contributed by atoms with Crippen LogP contribution < -0.4 is 14.4 Å². The number of anilines is 1. The molecular weight excluding hydrogens is 364 g/mol. The maximum absolute atomic E-state index is 12.3. The SMILES string of the molecule is COc1ccccc1CNC(=O)c1ccc(N(C)S(C)(=O)=O)cc1Cl. The van der Waals surface area contributed by atoms with Crippen molar-refractivity contribution in [3.8, 4) is 5.75 Å². The van der Waals surface area contributed by atoms with Crippen molar-refractivity contribution in [1.82, 2.24) is 5.32 Å². The predicted octanol–water partition coefficient (Wildman–Crippen LogP) is 2.67. The number of methoxy groups -OCH3 is 1. The van der Waals surface area contributed by atoms with Gasteiger partial charge in [0.05, 0.1) is 29.6 Å². The van der Waals surface area contributed by atoms with Crippen LogP contribution in [0, 0.1) is 0 Å². The van der Waals surface area contributed by atoms with Gasteiger partial charge in [-0.2, -0.15) is 0 Å². The van der Waals surface area contributed by atoms with Gasteiger partial charge in [0.2, 0.25) is 10.0 Å². The zero-order valence-electron chi connectivity index (χ0n) is 14.1. The van der Waals surface area contributed by atoms with Gasteiger partial charge in [-0.15, -0.1) is 0 Å². The Balaban J connectivity index is 2.15. The van der Waals surface area contributed by atoms with E-state index >= 15 is 0 Å². The van der Waals surface area contributed by atoms with Crippen LogP contribution in [-0.2, 0) is 16.6 Å². The molecule has 0 heterocycles. The topological polar surface area (TPSA) is 75.7 Å². The molecule has 0 radical (unpaired) electrons. The quantitative estimate of drug-likeness (QED) is 0.833. The zero-order chi connectivity index (χ0) is 18.6. The molecule has 2 aromatic carbocycles. The van der Waals surface area contributed by atoms with Crippen LogP contribution in [0.5, 0.6) is 5.75 Å². The molecule has 2 aromatic rings. The lowest BCUT2D eigenvalue weighted by Gasteiger charge is -2.17. The fourth-order valence-corrected chi connectivity index (χ4v) is 2.95. The van der Waals surface area contributed by atoms with E-state index in [4.69, 9.17) is 16.3 Å². The van der Waals surface area contributed by atoms with E-state index in [1.807, 2.05) is 24.3 Å². The Hall–Kier alpha value is -2.25. The molecule has 0 saturated carbocycles. The number of para-hydroxylation sites is 1. The first-order valence-electron chi connectivity index (χ1n) is 7.37. The van der Waals surface area contributed by atoms with E-state index in [1.165, 1.54) is 25.2 Å². The number of carbonyl (C=O) groups excluding carboxylic acids is 1. The molecule has 0 saturated heterocycles. The number of rotatable bonds is 6. The van der Waals surface area contributed by atoms with Crippen molar-refractivity contribution < 1.29 is 17.9 Å². The number of hydrogen-bond donors (Lipinski definition) is 1. The second-order valence-electron chi connectivity index (χ2n) is 5.39. The minimum Gasteiger partial charge on any atom is -0.496 e. The summed E-state index contributed by atoms with van der Waals surface area (Å²) < 4.78 is 29.5. The molecule has 0 spiro atoms. The van der Waals surface area contributed by atoms with E-state index in [9.17, 15) is 13.2 Å². The van der Waals surface area contributed by atoms with E-state index in [2.05, 4.69) is 5.32 Å². The van der Waals surface area contributed by atoms with Gasteiger partial charge >= 0.3 is 0 Å². The van der Waals surface area contributed by atoms with Crippen LogP contribution in [0.15, 0.2) is 42.5 Å². The monoisotopic (exact) mass is 382 g/mol.